The third-order valence-electron chi connectivity index (χ3n) is 10.2. The van der Waals surface area contributed by atoms with Gasteiger partial charge in [0.25, 0.3) is 0 Å². The average Bonchev–Trinajstić information content (AvgIpc) is 3.73. The molecule has 3 aromatic carbocycles. The highest BCUT2D eigenvalue weighted by atomic mass is 28.3. The summed E-state index contributed by atoms with van der Waals surface area (Å²) in [6.07, 6.45) is 3.56. The lowest BCUT2D eigenvalue weighted by Gasteiger charge is -2.36. The monoisotopic (exact) mass is 657 g/mol. The number of nitrogens with one attached hydrogen (secondary N) is 2. The normalized spacial score (nSPS) is 22.6. The van der Waals surface area contributed by atoms with Crippen LogP contribution in [0.4, 0.5) is 5.69 Å². The van der Waals surface area contributed by atoms with E-state index in [-0.39, 0.29) is 61.1 Å². The quantitative estimate of drug-likeness (QED) is 0.208. The molecule has 0 bridgehead atoms. The summed E-state index contributed by atoms with van der Waals surface area (Å²) in [7, 11) is -0.466. The molecular formula is C38H51N3O5Si. The fourth-order valence-corrected chi connectivity index (χ4v) is 11.7. The highest BCUT2D eigenvalue weighted by molar-refractivity contribution is 6.91. The second-order valence-electron chi connectivity index (χ2n) is 13.7. The Bertz CT molecular complexity index is 1460. The fraction of sp³-hybridized carbons (Fsp3) is 0.474. The Morgan fingerprint density at radius 3 is 2.45 bits per heavy atom. The Morgan fingerprint density at radius 1 is 1.02 bits per heavy atom. The van der Waals surface area contributed by atoms with Gasteiger partial charge in [-0.15, -0.1) is 0 Å². The summed E-state index contributed by atoms with van der Waals surface area (Å²) in [5.41, 5.74) is 3.22. The van der Waals surface area contributed by atoms with Gasteiger partial charge in [0.15, 0.2) is 0 Å². The minimum Gasteiger partial charge on any atom is -0.497 e. The van der Waals surface area contributed by atoms with Gasteiger partial charge in [-0.3, -0.25) is 9.59 Å². The van der Waals surface area contributed by atoms with Gasteiger partial charge in [0, 0.05) is 18.8 Å². The lowest BCUT2D eigenvalue weighted by atomic mass is 9.95. The number of aryl methyl sites for hydroxylation is 1. The lowest BCUT2D eigenvalue weighted by Crippen LogP contribution is -2.51. The number of benzene rings is 3. The van der Waals surface area contributed by atoms with Crippen LogP contribution in [-0.2, 0) is 27.3 Å². The molecule has 0 spiro atoms. The van der Waals surface area contributed by atoms with Crippen LogP contribution >= 0.6 is 0 Å². The molecule has 0 aromatic heterocycles. The maximum absolute atomic E-state index is 13.9. The van der Waals surface area contributed by atoms with Crippen molar-refractivity contribution in [3.63, 3.8) is 0 Å². The van der Waals surface area contributed by atoms with E-state index in [0.29, 0.717) is 6.54 Å². The van der Waals surface area contributed by atoms with Gasteiger partial charge in [-0.25, -0.2) is 0 Å². The zero-order chi connectivity index (χ0) is 33.4. The summed E-state index contributed by atoms with van der Waals surface area (Å²) < 4.78 is 12.3. The van der Waals surface area contributed by atoms with Crippen LogP contribution in [0.2, 0.25) is 18.6 Å². The molecule has 3 aromatic rings. The van der Waals surface area contributed by atoms with E-state index in [1.54, 1.807) is 12.0 Å². The number of anilines is 1. The number of nitrogens with zero attached hydrogens (tertiary/aromatic N) is 1. The molecular weight excluding hydrogens is 607 g/mol. The molecule has 0 unspecified atom stereocenters. The topological polar surface area (TPSA) is 100 Å². The van der Waals surface area contributed by atoms with E-state index in [9.17, 15) is 14.7 Å². The number of methoxy groups -OCH3 is 1. The number of hydrogen-bond acceptors (Lipinski definition) is 6. The van der Waals surface area contributed by atoms with Crippen molar-refractivity contribution < 1.29 is 24.2 Å². The SMILES string of the molecule is COc1ccc([Si](C)(C)[C@H]2[C@H](C)[C@H](CCc3cccc(NC(=O)[C@H]4CCCN4)c3)O[C@@H]2CC(=O)N(CCO)Cc2ccccc2)cc1. The van der Waals surface area contributed by atoms with E-state index in [2.05, 4.69) is 54.9 Å². The average molecular weight is 658 g/mol. The van der Waals surface area contributed by atoms with Crippen LogP contribution in [0.5, 0.6) is 5.75 Å². The van der Waals surface area contributed by atoms with Crippen LogP contribution < -0.4 is 20.6 Å². The molecule has 2 aliphatic rings. The van der Waals surface area contributed by atoms with E-state index in [0.717, 1.165) is 54.8 Å². The molecule has 5 rings (SSSR count). The minimum absolute atomic E-state index is 0.00507. The van der Waals surface area contributed by atoms with E-state index >= 15 is 0 Å². The number of hydrogen-bond donors (Lipinski definition) is 3. The number of aliphatic hydroxyl groups is 1. The molecule has 0 saturated carbocycles. The Balaban J connectivity index is 1.33. The van der Waals surface area contributed by atoms with Gasteiger partial charge in [-0.1, -0.05) is 79.8 Å². The number of carbonyl (C=O) groups excluding carboxylic acids is 2. The van der Waals surface area contributed by atoms with Crippen molar-refractivity contribution in [1.29, 1.82) is 0 Å². The van der Waals surface area contributed by atoms with E-state index in [4.69, 9.17) is 9.47 Å². The van der Waals surface area contributed by atoms with Crippen LogP contribution in [-0.4, -0.2) is 75.0 Å². The lowest BCUT2D eigenvalue weighted by molar-refractivity contribution is -0.135. The highest BCUT2D eigenvalue weighted by Gasteiger charge is 2.51. The van der Waals surface area contributed by atoms with Gasteiger partial charge in [0.05, 0.1) is 46.5 Å². The van der Waals surface area contributed by atoms with Gasteiger partial charge in [-0.2, -0.15) is 0 Å². The third kappa shape index (κ3) is 8.70. The van der Waals surface area contributed by atoms with Crippen LogP contribution in [0.15, 0.2) is 78.9 Å². The van der Waals surface area contributed by atoms with Crippen molar-refractivity contribution in [2.24, 2.45) is 5.92 Å². The van der Waals surface area contributed by atoms with Gasteiger partial charge in [0.1, 0.15) is 5.75 Å². The molecule has 0 aliphatic carbocycles. The molecule has 2 amide bonds. The van der Waals surface area contributed by atoms with Crippen molar-refractivity contribution in [2.45, 2.75) is 82.5 Å². The predicted molar refractivity (Wildman–Crippen MR) is 190 cm³/mol. The molecule has 0 radical (unpaired) electrons. The van der Waals surface area contributed by atoms with Crippen molar-refractivity contribution in [3.8, 4) is 5.75 Å². The summed E-state index contributed by atoms with van der Waals surface area (Å²) in [4.78, 5) is 28.3. The Morgan fingerprint density at radius 2 is 1.77 bits per heavy atom. The second-order valence-corrected chi connectivity index (χ2v) is 18.3. The standard InChI is InChI=1S/C38H51N3O5Si/c1-27-34(20-15-28-12-8-13-30(24-28)40-38(44)33-14-9-21-39-33)46-35(37(27)47(3,4)32-18-16-31(45-2)17-19-32)25-36(43)41(22-23-42)26-29-10-6-5-7-11-29/h5-8,10-13,16-19,24,27,33-35,37,39,42H,9,14-15,20-23,25-26H2,1-4H3,(H,40,44)/t27-,33-,34+,35-,37+/m1/s1. The molecule has 8 nitrogen and oxygen atoms in total. The molecule has 2 heterocycles. The van der Waals surface area contributed by atoms with Crippen LogP contribution in [0.25, 0.3) is 0 Å². The zero-order valence-corrected chi connectivity index (χ0v) is 29.3. The fourth-order valence-electron chi connectivity index (χ4n) is 7.61. The van der Waals surface area contributed by atoms with Gasteiger partial charge in [0.2, 0.25) is 11.8 Å². The van der Waals surface area contributed by atoms with Crippen LogP contribution in [0, 0.1) is 5.92 Å². The number of amides is 2. The summed E-state index contributed by atoms with van der Waals surface area (Å²) in [6, 6.07) is 26.3. The molecule has 2 fully saturated rings. The van der Waals surface area contributed by atoms with Crippen molar-refractivity contribution >= 4 is 30.8 Å². The molecule has 47 heavy (non-hydrogen) atoms. The Hall–Kier alpha value is -3.50. The van der Waals surface area contributed by atoms with Gasteiger partial charge >= 0.3 is 0 Å². The summed E-state index contributed by atoms with van der Waals surface area (Å²) >= 11 is 0. The number of rotatable bonds is 14. The maximum Gasteiger partial charge on any atom is 0.241 e. The first kappa shape index (κ1) is 34.8. The second kappa shape index (κ2) is 16.1. The van der Waals surface area contributed by atoms with E-state index in [1.807, 2.05) is 54.6 Å². The molecule has 9 heteroatoms. The molecule has 2 aliphatic heterocycles. The minimum atomic E-state index is -2.15. The molecule has 5 atom stereocenters. The largest absolute Gasteiger partial charge is 0.497 e. The van der Waals surface area contributed by atoms with Crippen molar-refractivity contribution in [3.05, 3.63) is 90.0 Å². The van der Waals surface area contributed by atoms with Gasteiger partial charge in [-0.05, 0) is 79.1 Å². The highest BCUT2D eigenvalue weighted by Crippen LogP contribution is 2.46. The van der Waals surface area contributed by atoms with Crippen LogP contribution in [0.1, 0.15) is 43.7 Å². The summed E-state index contributed by atoms with van der Waals surface area (Å²) in [6.45, 7) is 8.61. The maximum atomic E-state index is 13.9. The Kier molecular flexibility index (Phi) is 11.9. The van der Waals surface area contributed by atoms with E-state index < -0.39 is 8.07 Å². The summed E-state index contributed by atoms with van der Waals surface area (Å²) in [5.74, 6) is 1.10. The third-order valence-corrected chi connectivity index (χ3v) is 14.6. The molecule has 2 saturated heterocycles. The molecule has 3 N–H and O–H groups in total. The first-order valence-electron chi connectivity index (χ1n) is 17.1. The first-order valence-corrected chi connectivity index (χ1v) is 20.1. The van der Waals surface area contributed by atoms with Crippen molar-refractivity contribution in [2.75, 3.05) is 32.1 Å². The van der Waals surface area contributed by atoms with Crippen molar-refractivity contribution in [1.82, 2.24) is 10.2 Å². The Labute approximate surface area is 280 Å². The number of aliphatic hydroxyl groups excluding tert-OH is 1. The number of carbonyl (C=O) groups is 2. The zero-order valence-electron chi connectivity index (χ0n) is 28.3. The summed E-state index contributed by atoms with van der Waals surface area (Å²) in [5, 5.41) is 17.5. The predicted octanol–water partition coefficient (Wildman–Crippen LogP) is 5.12. The first-order chi connectivity index (χ1) is 22.7. The molecule has 252 valence electrons. The van der Waals surface area contributed by atoms with Crippen LogP contribution in [0.3, 0.4) is 0 Å². The smallest absolute Gasteiger partial charge is 0.241 e. The van der Waals surface area contributed by atoms with E-state index in [1.165, 1.54) is 5.19 Å². The van der Waals surface area contributed by atoms with Gasteiger partial charge < -0.3 is 30.1 Å². The number of ether oxygens (including phenoxy) is 2.